The van der Waals surface area contributed by atoms with Crippen LogP contribution in [0, 0.1) is 11.6 Å². The van der Waals surface area contributed by atoms with E-state index in [-0.39, 0.29) is 23.0 Å². The first kappa shape index (κ1) is 19.5. The Bertz CT molecular complexity index is 975. The van der Waals surface area contributed by atoms with Crippen LogP contribution in [0.5, 0.6) is 0 Å². The normalized spacial score (nSPS) is 11.1. The van der Waals surface area contributed by atoms with Gasteiger partial charge in [0, 0.05) is 0 Å². The van der Waals surface area contributed by atoms with E-state index in [1.807, 2.05) is 0 Å². The Morgan fingerprint density at radius 3 is 1.83 bits per heavy atom. The second-order valence-corrected chi connectivity index (χ2v) is 5.63. The van der Waals surface area contributed by atoms with E-state index in [1.165, 1.54) is 67.3 Å². The molecule has 29 heavy (non-hydrogen) atoms. The van der Waals surface area contributed by atoms with Crippen LogP contribution < -0.4 is 10.9 Å². The Morgan fingerprint density at radius 1 is 0.828 bits per heavy atom. The highest BCUT2D eigenvalue weighted by molar-refractivity contribution is 6.05. The number of imidazole rings is 1. The lowest BCUT2D eigenvalue weighted by Gasteiger charge is -2.01. The maximum Gasteiger partial charge on any atom is 0.292 e. The Balaban J connectivity index is 1.60. The average Bonchev–Trinajstić information content (AvgIpc) is 3.21. The molecule has 0 bridgehead atoms. The molecule has 0 aliphatic heterocycles. The molecule has 10 heteroatoms. The van der Waals surface area contributed by atoms with Gasteiger partial charge in [0.2, 0.25) is 0 Å². The van der Waals surface area contributed by atoms with E-state index in [2.05, 4.69) is 31.0 Å². The zero-order chi connectivity index (χ0) is 20.6. The van der Waals surface area contributed by atoms with Gasteiger partial charge in [-0.05, 0) is 35.4 Å². The van der Waals surface area contributed by atoms with E-state index in [1.54, 1.807) is 0 Å². The summed E-state index contributed by atoms with van der Waals surface area (Å²) in [6.07, 6.45) is 3.81. The van der Waals surface area contributed by atoms with Gasteiger partial charge < -0.3 is 4.98 Å². The van der Waals surface area contributed by atoms with Crippen molar-refractivity contribution in [1.82, 2.24) is 20.8 Å². The second-order valence-electron chi connectivity index (χ2n) is 5.63. The third kappa shape index (κ3) is 5.39. The molecule has 0 radical (unpaired) electrons. The Hall–Kier alpha value is -4.21. The summed E-state index contributed by atoms with van der Waals surface area (Å²) in [7, 11) is 0. The average molecular weight is 396 g/mol. The van der Waals surface area contributed by atoms with Gasteiger partial charge in [-0.2, -0.15) is 10.2 Å². The van der Waals surface area contributed by atoms with Crippen LogP contribution in [0.15, 0.2) is 65.1 Å². The minimum absolute atomic E-state index is 0.115. The second kappa shape index (κ2) is 9.13. The number of hydrogen-bond acceptors (Lipinski definition) is 5. The molecule has 0 aliphatic rings. The molecule has 3 N–H and O–H groups in total. The number of nitrogens with one attached hydrogen (secondary N) is 3. The third-order valence-electron chi connectivity index (χ3n) is 3.58. The number of aromatic nitrogens is 2. The highest BCUT2D eigenvalue weighted by atomic mass is 19.1. The van der Waals surface area contributed by atoms with Gasteiger partial charge in [0.15, 0.2) is 5.69 Å². The van der Waals surface area contributed by atoms with Crippen LogP contribution in [0.1, 0.15) is 32.1 Å². The lowest BCUT2D eigenvalue weighted by atomic mass is 10.2. The van der Waals surface area contributed by atoms with Crippen LogP contribution in [0.4, 0.5) is 8.78 Å². The van der Waals surface area contributed by atoms with Crippen molar-refractivity contribution in [1.29, 1.82) is 0 Å². The van der Waals surface area contributed by atoms with Crippen molar-refractivity contribution < 1.29 is 18.4 Å². The van der Waals surface area contributed by atoms with Crippen LogP contribution in [0.25, 0.3) is 0 Å². The Labute approximate surface area is 163 Å². The number of hydrazone groups is 2. The number of carbonyl (C=O) groups is 2. The van der Waals surface area contributed by atoms with Gasteiger partial charge >= 0.3 is 0 Å². The van der Waals surface area contributed by atoms with E-state index in [0.717, 1.165) is 0 Å². The number of halogens is 2. The summed E-state index contributed by atoms with van der Waals surface area (Å²) >= 11 is 0. The van der Waals surface area contributed by atoms with Gasteiger partial charge in [-0.25, -0.2) is 24.6 Å². The molecule has 1 heterocycles. The van der Waals surface area contributed by atoms with Crippen molar-refractivity contribution in [3.63, 3.8) is 0 Å². The minimum Gasteiger partial charge on any atom is -0.340 e. The number of rotatable bonds is 6. The number of carbonyl (C=O) groups excluding carboxylic acids is 2. The summed E-state index contributed by atoms with van der Waals surface area (Å²) in [5.41, 5.74) is 5.32. The summed E-state index contributed by atoms with van der Waals surface area (Å²) in [5.74, 6) is -2.20. The van der Waals surface area contributed by atoms with Crippen molar-refractivity contribution in [2.24, 2.45) is 10.2 Å². The quantitative estimate of drug-likeness (QED) is 0.439. The maximum atomic E-state index is 12.9. The van der Waals surface area contributed by atoms with E-state index in [0.29, 0.717) is 11.1 Å². The number of benzene rings is 2. The van der Waals surface area contributed by atoms with Gasteiger partial charge in [0.05, 0.1) is 18.8 Å². The number of amides is 2. The van der Waals surface area contributed by atoms with Crippen LogP contribution in [0.3, 0.4) is 0 Å². The van der Waals surface area contributed by atoms with E-state index < -0.39 is 11.8 Å². The minimum atomic E-state index is -0.725. The Morgan fingerprint density at radius 2 is 1.31 bits per heavy atom. The van der Waals surface area contributed by atoms with Crippen molar-refractivity contribution in [2.75, 3.05) is 0 Å². The van der Waals surface area contributed by atoms with Gasteiger partial charge in [-0.1, -0.05) is 24.3 Å². The standard InChI is InChI=1S/C19H14F2N6O2/c20-14-5-1-12(2-6-14)9-24-26-18(28)16-17(23-11-22-16)19(29)27-25-10-13-3-7-15(21)8-4-13/h1-11H,(H,22,23)(H,26,28)(H,27,29). The largest absolute Gasteiger partial charge is 0.340 e. The van der Waals surface area contributed by atoms with Crippen molar-refractivity contribution in [3.8, 4) is 0 Å². The van der Waals surface area contributed by atoms with Crippen LogP contribution >= 0.6 is 0 Å². The highest BCUT2D eigenvalue weighted by Crippen LogP contribution is 2.04. The first-order valence-electron chi connectivity index (χ1n) is 8.24. The summed E-state index contributed by atoms with van der Waals surface area (Å²) in [4.78, 5) is 30.7. The van der Waals surface area contributed by atoms with Gasteiger partial charge in [-0.3, -0.25) is 9.59 Å². The summed E-state index contributed by atoms with van der Waals surface area (Å²) < 4.78 is 25.7. The molecule has 0 spiro atoms. The molecule has 3 aromatic rings. The first-order chi connectivity index (χ1) is 14.0. The third-order valence-corrected chi connectivity index (χ3v) is 3.58. The summed E-state index contributed by atoms with van der Waals surface area (Å²) in [6.45, 7) is 0. The lowest BCUT2D eigenvalue weighted by molar-refractivity contribution is 0.0915. The number of H-pyrrole nitrogens is 1. The maximum absolute atomic E-state index is 12.9. The summed E-state index contributed by atoms with van der Waals surface area (Å²) in [6, 6.07) is 11.0. The SMILES string of the molecule is O=C(NN=Cc1ccc(F)cc1)c1nc[nH]c1C(=O)NN=Cc1ccc(F)cc1. The molecule has 0 saturated carbocycles. The highest BCUT2D eigenvalue weighted by Gasteiger charge is 2.19. The molecule has 1 aromatic heterocycles. The fraction of sp³-hybridized carbons (Fsp3) is 0. The molecule has 3 rings (SSSR count). The molecular formula is C19H14F2N6O2. The molecule has 8 nitrogen and oxygen atoms in total. The molecule has 146 valence electrons. The molecule has 2 amide bonds. The molecule has 0 aliphatic carbocycles. The van der Waals surface area contributed by atoms with Gasteiger partial charge in [-0.15, -0.1) is 0 Å². The predicted molar refractivity (Wildman–Crippen MR) is 102 cm³/mol. The van der Waals surface area contributed by atoms with Gasteiger partial charge in [0.25, 0.3) is 11.8 Å². The molecule has 0 unspecified atom stereocenters. The molecule has 0 saturated heterocycles. The zero-order valence-electron chi connectivity index (χ0n) is 14.8. The van der Waals surface area contributed by atoms with Crippen LogP contribution in [-0.2, 0) is 0 Å². The number of nitrogens with zero attached hydrogens (tertiary/aromatic N) is 3. The van der Waals surface area contributed by atoms with Crippen LogP contribution in [0.2, 0.25) is 0 Å². The van der Waals surface area contributed by atoms with Gasteiger partial charge in [0.1, 0.15) is 17.3 Å². The molecule has 0 fully saturated rings. The van der Waals surface area contributed by atoms with Crippen molar-refractivity contribution >= 4 is 24.2 Å². The van der Waals surface area contributed by atoms with E-state index in [4.69, 9.17) is 0 Å². The molecule has 2 aromatic carbocycles. The molecule has 0 atom stereocenters. The Kier molecular flexibility index (Phi) is 6.15. The number of hydrogen-bond donors (Lipinski definition) is 3. The fourth-order valence-electron chi connectivity index (χ4n) is 2.18. The lowest BCUT2D eigenvalue weighted by Crippen LogP contribution is -2.25. The summed E-state index contributed by atoms with van der Waals surface area (Å²) in [5, 5.41) is 7.49. The number of aromatic amines is 1. The molecular weight excluding hydrogens is 382 g/mol. The van der Waals surface area contributed by atoms with E-state index in [9.17, 15) is 18.4 Å². The van der Waals surface area contributed by atoms with Crippen molar-refractivity contribution in [2.45, 2.75) is 0 Å². The zero-order valence-corrected chi connectivity index (χ0v) is 14.8. The van der Waals surface area contributed by atoms with E-state index >= 15 is 0 Å². The monoisotopic (exact) mass is 396 g/mol. The first-order valence-corrected chi connectivity index (χ1v) is 8.24. The topological polar surface area (TPSA) is 112 Å². The van der Waals surface area contributed by atoms with Crippen LogP contribution in [-0.4, -0.2) is 34.2 Å². The predicted octanol–water partition coefficient (Wildman–Crippen LogP) is 2.22. The van der Waals surface area contributed by atoms with Crippen molar-refractivity contribution in [3.05, 3.63) is 89.0 Å². The fourth-order valence-corrected chi connectivity index (χ4v) is 2.18. The smallest absolute Gasteiger partial charge is 0.292 e.